The van der Waals surface area contributed by atoms with Gasteiger partial charge in [-0.05, 0) is 124 Å². The molecule has 5 aliphatic carbocycles. The van der Waals surface area contributed by atoms with E-state index in [9.17, 15) is 19.8 Å². The average Bonchev–Trinajstić information content (AvgIpc) is 3.65. The van der Waals surface area contributed by atoms with Crippen molar-refractivity contribution in [3.05, 3.63) is 30.1 Å². The standard InChI is InChI=1S/C40H62N2O7/c1-24(20-28(47-9)33(36(5,6)46)48-25(2)43)27-21-31(44)38(8)30-14-13-29-35(3,4)32(49-34(45)42-22-26-12-10-11-19-41-26)15-16-39(29)23-40(30,39)18-17-37(27,38)7/h10-12,19,24,27-33,44,46H,13-18,20-23H2,1-9H3,(H,42,45)/t24-,27-,28?,29+,30?,31+,32?,33?,37?,38-,39?,40?/m1/s1. The molecule has 0 bridgehead atoms. The maximum Gasteiger partial charge on any atom is 0.407 e. The fourth-order valence-electron chi connectivity index (χ4n) is 13.0. The van der Waals surface area contributed by atoms with Crippen LogP contribution in [-0.4, -0.2) is 64.4 Å². The third kappa shape index (κ3) is 5.63. The highest BCUT2D eigenvalue weighted by atomic mass is 16.6. The predicted molar refractivity (Wildman–Crippen MR) is 186 cm³/mol. The number of alkyl carbamates (subject to hydrolysis) is 1. The van der Waals surface area contributed by atoms with Crippen molar-refractivity contribution in [3.63, 3.8) is 0 Å². The Balaban J connectivity index is 1.17. The minimum absolute atomic E-state index is 0.0517. The van der Waals surface area contributed by atoms with E-state index in [4.69, 9.17) is 14.2 Å². The molecule has 1 amide bonds. The maximum atomic E-state index is 13.0. The molecule has 0 radical (unpaired) electrons. The number of ether oxygens (including phenoxy) is 3. The highest BCUT2D eigenvalue weighted by Crippen LogP contribution is 2.89. The molecule has 0 aliphatic heterocycles. The lowest BCUT2D eigenvalue weighted by Gasteiger charge is -2.63. The fraction of sp³-hybridized carbons (Fsp3) is 0.825. The van der Waals surface area contributed by atoms with Gasteiger partial charge in [0.2, 0.25) is 0 Å². The smallest absolute Gasteiger partial charge is 0.407 e. The molecule has 5 fully saturated rings. The second-order valence-electron chi connectivity index (χ2n) is 18.3. The summed E-state index contributed by atoms with van der Waals surface area (Å²) >= 11 is 0. The van der Waals surface area contributed by atoms with E-state index in [2.05, 4.69) is 44.9 Å². The SMILES string of the molecule is COC(C[C@@H](C)[C@H]1C[C@H](O)[C@@]2(C)C3CC[C@H]4C(C)(C)C(OC(=O)NCc5ccccn5)CCC45CC35CCC12C)C(OC(C)=O)C(C)(C)O. The molecule has 1 heterocycles. The van der Waals surface area contributed by atoms with E-state index in [0.717, 1.165) is 44.2 Å². The van der Waals surface area contributed by atoms with Crippen LogP contribution in [0.2, 0.25) is 0 Å². The van der Waals surface area contributed by atoms with Gasteiger partial charge in [-0.3, -0.25) is 9.78 Å². The summed E-state index contributed by atoms with van der Waals surface area (Å²) in [5.41, 5.74) is -0.389. The number of hydrogen-bond donors (Lipinski definition) is 3. The lowest BCUT2D eigenvalue weighted by atomic mass is 9.41. The number of hydrogen-bond acceptors (Lipinski definition) is 8. The van der Waals surface area contributed by atoms with E-state index in [1.165, 1.54) is 19.8 Å². The number of carbonyl (C=O) groups excluding carboxylic acids is 2. The molecule has 49 heavy (non-hydrogen) atoms. The Morgan fingerprint density at radius 2 is 1.76 bits per heavy atom. The van der Waals surface area contributed by atoms with Crippen molar-refractivity contribution in [1.29, 1.82) is 0 Å². The number of aliphatic hydroxyl groups is 2. The van der Waals surface area contributed by atoms with Gasteiger partial charge in [-0.15, -0.1) is 0 Å². The fourth-order valence-corrected chi connectivity index (χ4v) is 13.0. The first-order valence-electron chi connectivity index (χ1n) is 18.8. The molecule has 0 saturated heterocycles. The molecule has 5 saturated carbocycles. The minimum atomic E-state index is -1.25. The molecule has 7 unspecified atom stereocenters. The first-order valence-corrected chi connectivity index (χ1v) is 18.8. The first-order chi connectivity index (χ1) is 22.9. The zero-order chi connectivity index (χ0) is 35.8. The lowest BCUT2D eigenvalue weighted by Crippen LogP contribution is -2.60. The summed E-state index contributed by atoms with van der Waals surface area (Å²) in [5.74, 6) is 0.959. The summed E-state index contributed by atoms with van der Waals surface area (Å²) in [6.07, 6.45) is 8.57. The van der Waals surface area contributed by atoms with Gasteiger partial charge in [0.1, 0.15) is 6.10 Å². The van der Waals surface area contributed by atoms with Crippen LogP contribution in [0.4, 0.5) is 4.79 Å². The van der Waals surface area contributed by atoms with Gasteiger partial charge in [0.15, 0.2) is 6.10 Å². The number of nitrogens with one attached hydrogen (secondary N) is 1. The van der Waals surface area contributed by atoms with Crippen LogP contribution in [0.15, 0.2) is 24.4 Å². The summed E-state index contributed by atoms with van der Waals surface area (Å²) in [4.78, 5) is 29.3. The van der Waals surface area contributed by atoms with E-state index >= 15 is 0 Å². The highest BCUT2D eigenvalue weighted by molar-refractivity contribution is 5.67. The van der Waals surface area contributed by atoms with Gasteiger partial charge in [0.25, 0.3) is 0 Å². The van der Waals surface area contributed by atoms with E-state index in [1.807, 2.05) is 18.2 Å². The van der Waals surface area contributed by atoms with Crippen LogP contribution < -0.4 is 5.32 Å². The van der Waals surface area contributed by atoms with Crippen LogP contribution in [0.25, 0.3) is 0 Å². The van der Waals surface area contributed by atoms with Crippen molar-refractivity contribution in [1.82, 2.24) is 10.3 Å². The van der Waals surface area contributed by atoms with Gasteiger partial charge in [-0.2, -0.15) is 0 Å². The number of rotatable bonds is 10. The predicted octanol–water partition coefficient (Wildman–Crippen LogP) is 6.83. The van der Waals surface area contributed by atoms with Crippen molar-refractivity contribution >= 4 is 12.1 Å². The van der Waals surface area contributed by atoms with Crippen LogP contribution >= 0.6 is 0 Å². The van der Waals surface area contributed by atoms with Gasteiger partial charge in [0.05, 0.1) is 30.0 Å². The van der Waals surface area contributed by atoms with Crippen molar-refractivity contribution in [2.75, 3.05) is 7.11 Å². The summed E-state index contributed by atoms with van der Waals surface area (Å²) in [7, 11) is 1.63. The lowest BCUT2D eigenvalue weighted by molar-refractivity contribution is -0.186. The van der Waals surface area contributed by atoms with E-state index in [0.29, 0.717) is 24.8 Å². The zero-order valence-electron chi connectivity index (χ0n) is 31.4. The molecule has 6 rings (SSSR count). The molecular formula is C40H62N2O7. The normalized spacial score (nSPS) is 40.8. The molecular weight excluding hydrogens is 620 g/mol. The number of carbonyl (C=O) groups is 2. The number of nitrogens with zero attached hydrogens (tertiary/aromatic N) is 1. The quantitative estimate of drug-likeness (QED) is 0.229. The number of methoxy groups -OCH3 is 1. The van der Waals surface area contributed by atoms with Crippen molar-refractivity contribution in [3.8, 4) is 0 Å². The number of amides is 1. The van der Waals surface area contributed by atoms with E-state index in [1.54, 1.807) is 27.2 Å². The molecule has 1 aromatic rings. The van der Waals surface area contributed by atoms with Crippen LogP contribution in [-0.2, 0) is 25.5 Å². The topological polar surface area (TPSA) is 127 Å². The monoisotopic (exact) mass is 682 g/mol. The zero-order valence-corrected chi connectivity index (χ0v) is 31.4. The largest absolute Gasteiger partial charge is 0.457 e. The summed E-state index contributed by atoms with van der Waals surface area (Å²) < 4.78 is 17.7. The molecule has 9 heteroatoms. The Labute approximate surface area is 293 Å². The molecule has 9 nitrogen and oxygen atoms in total. The van der Waals surface area contributed by atoms with Crippen molar-refractivity contribution in [2.45, 2.75) is 150 Å². The number of esters is 1. The number of aromatic nitrogens is 1. The Hall–Kier alpha value is -2.23. The van der Waals surface area contributed by atoms with Gasteiger partial charge < -0.3 is 29.7 Å². The Bertz CT molecular complexity index is 1400. The second kappa shape index (κ2) is 12.5. The van der Waals surface area contributed by atoms with Gasteiger partial charge in [-0.25, -0.2) is 4.79 Å². The number of aliphatic hydroxyl groups excluding tert-OH is 1. The van der Waals surface area contributed by atoms with Crippen LogP contribution in [0, 0.1) is 50.7 Å². The second-order valence-corrected chi connectivity index (χ2v) is 18.3. The highest BCUT2D eigenvalue weighted by Gasteiger charge is 2.83. The van der Waals surface area contributed by atoms with Crippen LogP contribution in [0.3, 0.4) is 0 Å². The van der Waals surface area contributed by atoms with Crippen molar-refractivity contribution < 1.29 is 34.0 Å². The van der Waals surface area contributed by atoms with Crippen molar-refractivity contribution in [2.24, 2.45) is 50.7 Å². The van der Waals surface area contributed by atoms with Crippen LogP contribution in [0.1, 0.15) is 119 Å². The first kappa shape index (κ1) is 36.6. The van der Waals surface area contributed by atoms with Gasteiger partial charge >= 0.3 is 12.1 Å². The third-order valence-electron chi connectivity index (χ3n) is 15.5. The third-order valence-corrected chi connectivity index (χ3v) is 15.5. The maximum absolute atomic E-state index is 13.0. The molecule has 274 valence electrons. The Kier molecular flexibility index (Phi) is 9.30. The van der Waals surface area contributed by atoms with Crippen LogP contribution in [0.5, 0.6) is 0 Å². The number of fused-ring (bicyclic) bond motifs is 2. The number of pyridine rings is 1. The summed E-state index contributed by atoms with van der Waals surface area (Å²) in [6.45, 7) is 16.8. The molecule has 0 aromatic carbocycles. The molecule has 2 spiro atoms. The Morgan fingerprint density at radius 3 is 2.39 bits per heavy atom. The molecule has 12 atom stereocenters. The summed E-state index contributed by atoms with van der Waals surface area (Å²) in [5, 5.41) is 26.0. The van der Waals surface area contributed by atoms with E-state index < -0.39 is 29.9 Å². The van der Waals surface area contributed by atoms with Gasteiger partial charge in [-0.1, -0.05) is 40.7 Å². The Morgan fingerprint density at radius 1 is 1.06 bits per heavy atom. The molecule has 3 N–H and O–H groups in total. The van der Waals surface area contributed by atoms with E-state index in [-0.39, 0.29) is 51.1 Å². The molecule has 5 aliphatic rings. The van der Waals surface area contributed by atoms with Gasteiger partial charge in [0, 0.05) is 31.1 Å². The summed E-state index contributed by atoms with van der Waals surface area (Å²) in [6, 6.07) is 5.68. The molecule has 1 aromatic heterocycles. The minimum Gasteiger partial charge on any atom is -0.457 e. The average molecular weight is 683 g/mol.